The fraction of sp³-hybridized carbons (Fsp3) is 0.381. The summed E-state index contributed by atoms with van der Waals surface area (Å²) in [6.45, 7) is 4.68. The highest BCUT2D eigenvalue weighted by atomic mass is 16.2. The smallest absolute Gasteiger partial charge is 0.253 e. The SMILES string of the molecule is Cc1nccc(-c2ccccc2)c1C(=O)NCCN1CCC[C@@H](C(N)=O)C1. The summed E-state index contributed by atoms with van der Waals surface area (Å²) in [6.07, 6.45) is 3.54. The van der Waals surface area contributed by atoms with Crippen molar-refractivity contribution in [2.75, 3.05) is 26.2 Å². The molecule has 0 bridgehead atoms. The van der Waals surface area contributed by atoms with Crippen molar-refractivity contribution in [1.82, 2.24) is 15.2 Å². The van der Waals surface area contributed by atoms with Gasteiger partial charge in [0.1, 0.15) is 0 Å². The van der Waals surface area contributed by atoms with Crippen LogP contribution in [0.1, 0.15) is 28.9 Å². The second-order valence-electron chi connectivity index (χ2n) is 6.98. The van der Waals surface area contributed by atoms with E-state index in [0.717, 1.165) is 30.5 Å². The van der Waals surface area contributed by atoms with E-state index >= 15 is 0 Å². The first-order valence-corrected chi connectivity index (χ1v) is 9.37. The normalized spacial score (nSPS) is 17.4. The van der Waals surface area contributed by atoms with Crippen molar-refractivity contribution in [2.45, 2.75) is 19.8 Å². The molecular weight excluding hydrogens is 340 g/mol. The third-order valence-corrected chi connectivity index (χ3v) is 5.07. The highest BCUT2D eigenvalue weighted by Crippen LogP contribution is 2.24. The Bertz CT molecular complexity index is 807. The Balaban J connectivity index is 1.64. The molecule has 0 aliphatic carbocycles. The average Bonchev–Trinajstić information content (AvgIpc) is 2.68. The number of likely N-dealkylation sites (tertiary alicyclic amines) is 1. The Kier molecular flexibility index (Phi) is 6.19. The number of aromatic nitrogens is 1. The first-order chi connectivity index (χ1) is 13.1. The quantitative estimate of drug-likeness (QED) is 0.818. The molecule has 3 rings (SSSR count). The van der Waals surface area contributed by atoms with Crippen molar-refractivity contribution < 1.29 is 9.59 Å². The molecule has 0 radical (unpaired) electrons. The molecule has 2 heterocycles. The molecule has 6 heteroatoms. The van der Waals surface area contributed by atoms with Gasteiger partial charge in [-0.05, 0) is 43.5 Å². The monoisotopic (exact) mass is 366 g/mol. The van der Waals surface area contributed by atoms with Crippen molar-refractivity contribution in [3.63, 3.8) is 0 Å². The van der Waals surface area contributed by atoms with Crippen molar-refractivity contribution in [2.24, 2.45) is 11.7 Å². The largest absolute Gasteiger partial charge is 0.369 e. The molecule has 6 nitrogen and oxygen atoms in total. The Morgan fingerprint density at radius 1 is 1.26 bits per heavy atom. The number of rotatable bonds is 6. The molecule has 1 fully saturated rings. The molecule has 1 aliphatic heterocycles. The third kappa shape index (κ3) is 4.71. The van der Waals surface area contributed by atoms with E-state index < -0.39 is 0 Å². The summed E-state index contributed by atoms with van der Waals surface area (Å²) in [5.74, 6) is -0.440. The van der Waals surface area contributed by atoms with Gasteiger partial charge in [-0.25, -0.2) is 0 Å². The van der Waals surface area contributed by atoms with Gasteiger partial charge >= 0.3 is 0 Å². The maximum atomic E-state index is 12.8. The minimum Gasteiger partial charge on any atom is -0.369 e. The van der Waals surface area contributed by atoms with Crippen LogP contribution in [0.15, 0.2) is 42.6 Å². The third-order valence-electron chi connectivity index (χ3n) is 5.07. The number of amides is 2. The Labute approximate surface area is 159 Å². The summed E-state index contributed by atoms with van der Waals surface area (Å²) < 4.78 is 0. The number of piperidine rings is 1. The molecule has 2 aromatic rings. The van der Waals surface area contributed by atoms with Gasteiger partial charge in [0.25, 0.3) is 5.91 Å². The van der Waals surface area contributed by atoms with E-state index in [9.17, 15) is 9.59 Å². The molecule has 3 N–H and O–H groups in total. The summed E-state index contributed by atoms with van der Waals surface area (Å²) in [7, 11) is 0. The number of carbonyl (C=O) groups excluding carboxylic acids is 2. The Morgan fingerprint density at radius 3 is 2.78 bits per heavy atom. The lowest BCUT2D eigenvalue weighted by molar-refractivity contribution is -0.123. The van der Waals surface area contributed by atoms with Crippen LogP contribution in [0.2, 0.25) is 0 Å². The number of aryl methyl sites for hydroxylation is 1. The molecule has 0 saturated carbocycles. The van der Waals surface area contributed by atoms with E-state index in [4.69, 9.17) is 5.73 Å². The molecule has 1 aromatic heterocycles. The van der Waals surface area contributed by atoms with Crippen LogP contribution in [0.4, 0.5) is 0 Å². The average molecular weight is 366 g/mol. The number of pyridine rings is 1. The van der Waals surface area contributed by atoms with Crippen LogP contribution in [-0.2, 0) is 4.79 Å². The molecule has 0 unspecified atom stereocenters. The lowest BCUT2D eigenvalue weighted by Crippen LogP contribution is -2.44. The minimum absolute atomic E-state index is 0.0836. The number of nitrogens with zero attached hydrogens (tertiary/aromatic N) is 2. The summed E-state index contributed by atoms with van der Waals surface area (Å²) >= 11 is 0. The highest BCUT2D eigenvalue weighted by Gasteiger charge is 2.24. The van der Waals surface area contributed by atoms with Crippen molar-refractivity contribution in [3.05, 3.63) is 53.9 Å². The Morgan fingerprint density at radius 2 is 2.04 bits per heavy atom. The number of nitrogens with two attached hydrogens (primary N) is 1. The zero-order valence-corrected chi connectivity index (χ0v) is 15.6. The van der Waals surface area contributed by atoms with Gasteiger partial charge in [0.2, 0.25) is 5.91 Å². The number of hydrogen-bond acceptors (Lipinski definition) is 4. The summed E-state index contributed by atoms with van der Waals surface area (Å²) in [5, 5.41) is 3.00. The van der Waals surface area contributed by atoms with E-state index in [0.29, 0.717) is 30.9 Å². The zero-order valence-electron chi connectivity index (χ0n) is 15.6. The van der Waals surface area contributed by atoms with Crippen molar-refractivity contribution in [3.8, 4) is 11.1 Å². The van der Waals surface area contributed by atoms with Gasteiger partial charge in [-0.3, -0.25) is 14.6 Å². The predicted octanol–water partition coefficient (Wildman–Crippen LogP) is 1.98. The molecule has 1 aliphatic rings. The van der Waals surface area contributed by atoms with E-state index in [1.54, 1.807) is 6.20 Å². The van der Waals surface area contributed by atoms with Crippen molar-refractivity contribution >= 4 is 11.8 Å². The number of nitrogens with one attached hydrogen (secondary N) is 1. The fourth-order valence-corrected chi connectivity index (χ4v) is 3.62. The van der Waals surface area contributed by atoms with Gasteiger partial charge in [0.15, 0.2) is 0 Å². The Hall–Kier alpha value is -2.73. The zero-order chi connectivity index (χ0) is 19.2. The van der Waals surface area contributed by atoms with Gasteiger partial charge in [0.05, 0.1) is 17.2 Å². The van der Waals surface area contributed by atoms with E-state index in [1.165, 1.54) is 0 Å². The van der Waals surface area contributed by atoms with Crippen LogP contribution < -0.4 is 11.1 Å². The van der Waals surface area contributed by atoms with Gasteiger partial charge in [-0.2, -0.15) is 0 Å². The van der Waals surface area contributed by atoms with Gasteiger partial charge < -0.3 is 16.0 Å². The lowest BCUT2D eigenvalue weighted by atomic mass is 9.97. The first-order valence-electron chi connectivity index (χ1n) is 9.37. The molecular formula is C21H26N4O2. The second kappa shape index (κ2) is 8.77. The molecule has 2 amide bonds. The topological polar surface area (TPSA) is 88.3 Å². The number of carbonyl (C=O) groups is 2. The van der Waals surface area contributed by atoms with Crippen LogP contribution in [0.3, 0.4) is 0 Å². The fourth-order valence-electron chi connectivity index (χ4n) is 3.62. The van der Waals surface area contributed by atoms with Crippen molar-refractivity contribution in [1.29, 1.82) is 0 Å². The maximum Gasteiger partial charge on any atom is 0.253 e. The number of primary amides is 1. The lowest BCUT2D eigenvalue weighted by Gasteiger charge is -2.31. The van der Waals surface area contributed by atoms with Crippen LogP contribution in [0, 0.1) is 12.8 Å². The minimum atomic E-state index is -0.234. The molecule has 142 valence electrons. The van der Waals surface area contributed by atoms with E-state index in [-0.39, 0.29) is 17.7 Å². The van der Waals surface area contributed by atoms with Crippen LogP contribution in [0.5, 0.6) is 0 Å². The standard InChI is InChI=1S/C21H26N4O2/c1-15-19(18(9-10-23-15)16-6-3-2-4-7-16)21(27)24-11-13-25-12-5-8-17(14-25)20(22)26/h2-4,6-7,9-10,17H,5,8,11-14H2,1H3,(H2,22,26)(H,24,27)/t17-/m1/s1. The predicted molar refractivity (Wildman–Crippen MR) is 105 cm³/mol. The summed E-state index contributed by atoms with van der Waals surface area (Å²) in [6, 6.07) is 11.7. The van der Waals surface area contributed by atoms with Gasteiger partial charge in [-0.1, -0.05) is 30.3 Å². The van der Waals surface area contributed by atoms with Crippen LogP contribution in [0.25, 0.3) is 11.1 Å². The molecule has 1 saturated heterocycles. The van der Waals surface area contributed by atoms with Gasteiger partial charge in [0, 0.05) is 25.8 Å². The number of benzene rings is 1. The maximum absolute atomic E-state index is 12.8. The highest BCUT2D eigenvalue weighted by molar-refractivity contribution is 6.01. The van der Waals surface area contributed by atoms with E-state index in [1.807, 2.05) is 43.3 Å². The van der Waals surface area contributed by atoms with Gasteiger partial charge in [-0.15, -0.1) is 0 Å². The first kappa shape index (κ1) is 19.0. The van der Waals surface area contributed by atoms with E-state index in [2.05, 4.69) is 15.2 Å². The molecule has 1 aromatic carbocycles. The molecule has 1 atom stereocenters. The number of hydrogen-bond donors (Lipinski definition) is 2. The second-order valence-corrected chi connectivity index (χ2v) is 6.98. The van der Waals surface area contributed by atoms with Crippen LogP contribution >= 0.6 is 0 Å². The summed E-state index contributed by atoms with van der Waals surface area (Å²) in [4.78, 5) is 30.7. The van der Waals surface area contributed by atoms with Crippen LogP contribution in [-0.4, -0.2) is 47.9 Å². The molecule has 27 heavy (non-hydrogen) atoms. The summed E-state index contributed by atoms with van der Waals surface area (Å²) in [5.41, 5.74) is 8.62. The molecule has 0 spiro atoms.